The zero-order chi connectivity index (χ0) is 25.4. The second kappa shape index (κ2) is 9.28. The Kier molecular flexibility index (Phi) is 6.14. The van der Waals surface area contributed by atoms with Crippen LogP contribution in [0.5, 0.6) is 11.5 Å². The third-order valence-corrected chi connectivity index (χ3v) is 6.54. The summed E-state index contributed by atoms with van der Waals surface area (Å²) in [6.45, 7) is -0.978. The maximum atomic E-state index is 13.1. The zero-order valence-corrected chi connectivity index (χ0v) is 20.4. The van der Waals surface area contributed by atoms with Gasteiger partial charge in [0.05, 0.1) is 11.8 Å². The quantitative estimate of drug-likeness (QED) is 0.312. The van der Waals surface area contributed by atoms with E-state index in [-0.39, 0.29) is 5.75 Å². The molecule has 0 amide bonds. The van der Waals surface area contributed by atoms with Crippen molar-refractivity contribution in [1.82, 2.24) is 0 Å². The molecule has 36 heavy (non-hydrogen) atoms. The van der Waals surface area contributed by atoms with E-state index in [9.17, 15) is 17.2 Å². The molecule has 1 unspecified atom stereocenters. The van der Waals surface area contributed by atoms with Crippen LogP contribution in [0.2, 0.25) is 0 Å². The molecule has 1 aliphatic heterocycles. The molecule has 5 rings (SSSR count). The molecule has 0 saturated heterocycles. The lowest BCUT2D eigenvalue weighted by molar-refractivity contribution is -0.0496. The number of hydrogen-bond acceptors (Lipinski definition) is 4. The fourth-order valence-corrected chi connectivity index (χ4v) is 4.97. The third-order valence-electron chi connectivity index (χ3n) is 5.93. The average Bonchev–Trinajstić information content (AvgIpc) is 2.83. The Hall–Kier alpha value is -3.91. The molecule has 8 heteroatoms. The zero-order valence-electron chi connectivity index (χ0n) is 19.5. The molecule has 0 aliphatic carbocycles. The van der Waals surface area contributed by atoms with Crippen LogP contribution in [-0.2, 0) is 10.0 Å². The van der Waals surface area contributed by atoms with E-state index in [1.165, 1.54) is 6.07 Å². The summed E-state index contributed by atoms with van der Waals surface area (Å²) in [5.41, 5.74) is 6.00. The van der Waals surface area contributed by atoms with Crippen molar-refractivity contribution in [2.75, 3.05) is 11.0 Å². The monoisotopic (exact) mass is 507 g/mol. The lowest BCUT2D eigenvalue weighted by Gasteiger charge is -2.31. The lowest BCUT2D eigenvalue weighted by Crippen LogP contribution is -2.18. The van der Waals surface area contributed by atoms with E-state index in [2.05, 4.69) is 4.72 Å². The van der Waals surface area contributed by atoms with E-state index in [1.807, 2.05) is 55.5 Å². The van der Waals surface area contributed by atoms with Gasteiger partial charge in [0, 0.05) is 11.3 Å². The van der Waals surface area contributed by atoms with Crippen molar-refractivity contribution in [1.29, 1.82) is 0 Å². The molecule has 1 N–H and O–H groups in total. The summed E-state index contributed by atoms with van der Waals surface area (Å²) in [6.07, 6.45) is 0.455. The summed E-state index contributed by atoms with van der Waals surface area (Å²) >= 11 is 0. The highest BCUT2D eigenvalue weighted by Gasteiger charge is 2.31. The lowest BCUT2D eigenvalue weighted by atomic mass is 9.88. The van der Waals surface area contributed by atoms with Gasteiger partial charge in [-0.05, 0) is 59.5 Å². The third kappa shape index (κ3) is 4.90. The minimum atomic E-state index is -3.53. The van der Waals surface area contributed by atoms with Gasteiger partial charge in [-0.1, -0.05) is 60.2 Å². The molecular formula is C28H23F2NO4S. The molecule has 1 heterocycles. The number of hydrogen-bond donors (Lipinski definition) is 1. The highest BCUT2D eigenvalue weighted by atomic mass is 32.2. The molecule has 4 aromatic rings. The predicted molar refractivity (Wildman–Crippen MR) is 136 cm³/mol. The first-order valence-corrected chi connectivity index (χ1v) is 13.1. The first-order valence-electron chi connectivity index (χ1n) is 11.2. The van der Waals surface area contributed by atoms with Crippen molar-refractivity contribution in [2.24, 2.45) is 0 Å². The number of aryl methyl sites for hydroxylation is 1. The molecule has 0 radical (unpaired) electrons. The number of alkyl halides is 2. The molecule has 0 bridgehead atoms. The van der Waals surface area contributed by atoms with Gasteiger partial charge in [-0.25, -0.2) is 8.42 Å². The first kappa shape index (κ1) is 23.8. The van der Waals surface area contributed by atoms with Crippen LogP contribution in [-0.4, -0.2) is 21.3 Å². The average molecular weight is 508 g/mol. The van der Waals surface area contributed by atoms with Gasteiger partial charge in [-0.2, -0.15) is 8.78 Å². The Morgan fingerprint density at radius 2 is 1.67 bits per heavy atom. The summed E-state index contributed by atoms with van der Waals surface area (Å²) in [5.74, 6) is 0.384. The Morgan fingerprint density at radius 3 is 2.39 bits per heavy atom. The molecule has 4 aromatic carbocycles. The highest BCUT2D eigenvalue weighted by molar-refractivity contribution is 7.92. The van der Waals surface area contributed by atoms with Crippen molar-refractivity contribution in [3.05, 3.63) is 102 Å². The first-order chi connectivity index (χ1) is 17.2. The molecular weight excluding hydrogens is 484 g/mol. The minimum absolute atomic E-state index is 0.0144. The molecule has 0 saturated carbocycles. The van der Waals surface area contributed by atoms with E-state index < -0.39 is 22.7 Å². The molecule has 5 nitrogen and oxygen atoms in total. The molecule has 1 aliphatic rings. The van der Waals surface area contributed by atoms with Gasteiger partial charge in [0.1, 0.15) is 17.6 Å². The molecule has 184 valence electrons. The standard InChI is InChI=1S/C28H23F2NO4S/c1-17-9-11-18(12-10-17)19-5-3-6-20(15-19)27-23-16-21(31-36(2,32)33)13-14-22(23)26-24(34-27)7-4-8-25(26)35-28(29)30/h3-16,27-28,31H,1-2H3. The van der Waals surface area contributed by atoms with Gasteiger partial charge in [0.15, 0.2) is 0 Å². The van der Waals surface area contributed by atoms with Crippen molar-refractivity contribution in [3.63, 3.8) is 0 Å². The van der Waals surface area contributed by atoms with Crippen molar-refractivity contribution < 1.29 is 26.7 Å². The van der Waals surface area contributed by atoms with Crippen LogP contribution in [0.1, 0.15) is 22.8 Å². The van der Waals surface area contributed by atoms with E-state index >= 15 is 0 Å². The van der Waals surface area contributed by atoms with Crippen LogP contribution in [0.15, 0.2) is 84.9 Å². The van der Waals surface area contributed by atoms with Crippen molar-refractivity contribution in [2.45, 2.75) is 19.6 Å². The number of benzene rings is 4. The normalized spacial score (nSPS) is 14.5. The SMILES string of the molecule is Cc1ccc(-c2cccc(C3Oc4cccc(OC(F)F)c4-c4ccc(NS(C)(=O)=O)cc43)c2)cc1. The fourth-order valence-electron chi connectivity index (χ4n) is 4.42. The fraction of sp³-hybridized carbons (Fsp3) is 0.143. The molecule has 0 aromatic heterocycles. The smallest absolute Gasteiger partial charge is 0.387 e. The topological polar surface area (TPSA) is 64.6 Å². The summed E-state index contributed by atoms with van der Waals surface area (Å²) in [4.78, 5) is 0. The van der Waals surface area contributed by atoms with Gasteiger partial charge < -0.3 is 9.47 Å². The van der Waals surface area contributed by atoms with E-state index in [0.717, 1.165) is 28.5 Å². The predicted octanol–water partition coefficient (Wildman–Crippen LogP) is 6.78. The Labute approximate surface area is 208 Å². The summed E-state index contributed by atoms with van der Waals surface area (Å²) < 4.78 is 63.7. The van der Waals surface area contributed by atoms with Gasteiger partial charge >= 0.3 is 6.61 Å². The number of sulfonamides is 1. The van der Waals surface area contributed by atoms with E-state index in [4.69, 9.17) is 9.47 Å². The number of fused-ring (bicyclic) bond motifs is 3. The number of ether oxygens (including phenoxy) is 2. The molecule has 1 atom stereocenters. The van der Waals surface area contributed by atoms with Crippen LogP contribution < -0.4 is 14.2 Å². The largest absolute Gasteiger partial charge is 0.480 e. The molecule has 0 fully saturated rings. The van der Waals surface area contributed by atoms with Crippen LogP contribution in [0.4, 0.5) is 14.5 Å². The van der Waals surface area contributed by atoms with Gasteiger partial charge in [-0.15, -0.1) is 0 Å². The van der Waals surface area contributed by atoms with Crippen LogP contribution in [0.25, 0.3) is 22.3 Å². The van der Waals surface area contributed by atoms with Crippen molar-refractivity contribution >= 4 is 15.7 Å². The second-order valence-corrected chi connectivity index (χ2v) is 10.4. The Balaban J connectivity index is 1.66. The summed E-state index contributed by atoms with van der Waals surface area (Å²) in [5, 5.41) is 0. The Bertz CT molecular complexity index is 1540. The summed E-state index contributed by atoms with van der Waals surface area (Å²) in [6, 6.07) is 25.7. The number of rotatable bonds is 6. The molecule has 0 spiro atoms. The summed E-state index contributed by atoms with van der Waals surface area (Å²) in [7, 11) is -3.53. The van der Waals surface area contributed by atoms with Crippen LogP contribution >= 0.6 is 0 Å². The van der Waals surface area contributed by atoms with Gasteiger partial charge in [0.2, 0.25) is 10.0 Å². The maximum absolute atomic E-state index is 13.1. The second-order valence-electron chi connectivity index (χ2n) is 8.67. The van der Waals surface area contributed by atoms with E-state index in [0.29, 0.717) is 28.1 Å². The number of halogens is 2. The minimum Gasteiger partial charge on any atom is -0.480 e. The van der Waals surface area contributed by atoms with Gasteiger partial charge in [-0.3, -0.25) is 4.72 Å². The van der Waals surface area contributed by atoms with Crippen LogP contribution in [0, 0.1) is 6.92 Å². The Morgan fingerprint density at radius 1 is 0.917 bits per heavy atom. The van der Waals surface area contributed by atoms with Gasteiger partial charge in [0.25, 0.3) is 0 Å². The van der Waals surface area contributed by atoms with Crippen LogP contribution in [0.3, 0.4) is 0 Å². The highest BCUT2D eigenvalue weighted by Crippen LogP contribution is 2.50. The number of anilines is 1. The van der Waals surface area contributed by atoms with E-state index in [1.54, 1.807) is 30.3 Å². The number of nitrogens with one attached hydrogen (secondary N) is 1. The maximum Gasteiger partial charge on any atom is 0.387 e. The van der Waals surface area contributed by atoms with Crippen molar-refractivity contribution in [3.8, 4) is 33.8 Å².